The molecule has 7 unspecified atom stereocenters. The van der Waals surface area contributed by atoms with Gasteiger partial charge in [-0.1, -0.05) is 65.0 Å². The summed E-state index contributed by atoms with van der Waals surface area (Å²) in [5, 5.41) is 2.25. The second kappa shape index (κ2) is 7.99. The van der Waals surface area contributed by atoms with Gasteiger partial charge in [-0.15, -0.1) is 0 Å². The molecule has 0 aromatic heterocycles. The van der Waals surface area contributed by atoms with Crippen molar-refractivity contribution in [2.75, 3.05) is 6.54 Å². The molecular weight excluding hydrogens is 430 g/mol. The lowest BCUT2D eigenvalue weighted by Gasteiger charge is -2.40. The van der Waals surface area contributed by atoms with Gasteiger partial charge >= 0.3 is 0 Å². The summed E-state index contributed by atoms with van der Waals surface area (Å²) in [6, 6.07) is 1.68. The van der Waals surface area contributed by atoms with Crippen molar-refractivity contribution in [1.82, 2.24) is 25.4 Å². The summed E-state index contributed by atoms with van der Waals surface area (Å²) in [6.07, 6.45) is 5.18. The summed E-state index contributed by atoms with van der Waals surface area (Å²) in [5.41, 5.74) is 7.39. The Hall–Kier alpha value is 1.11. The Bertz CT molecular complexity index is 353. The third-order valence-corrected chi connectivity index (χ3v) is 8.19. The second-order valence-corrected chi connectivity index (χ2v) is 9.41. The maximum Gasteiger partial charge on any atom is 0.0548 e. The number of halogens is 2. The molecule has 0 spiro atoms. The van der Waals surface area contributed by atoms with Crippen molar-refractivity contribution in [3.8, 4) is 0 Å². The molecule has 2 aliphatic heterocycles. The largest absolute Gasteiger partial charge is 0.245 e. The van der Waals surface area contributed by atoms with Crippen LogP contribution in [0.1, 0.15) is 39.5 Å². The number of fused-ring (bicyclic) bond motifs is 2. The lowest BCUT2D eigenvalue weighted by atomic mass is 9.84. The van der Waals surface area contributed by atoms with Crippen LogP contribution in [0.4, 0.5) is 0 Å². The highest BCUT2D eigenvalue weighted by atomic mass is 79.9. The van der Waals surface area contributed by atoms with E-state index < -0.39 is 0 Å². The maximum absolute atomic E-state index is 3.92. The van der Waals surface area contributed by atoms with E-state index in [2.05, 4.69) is 71.1 Å². The number of unbranched alkanes of at least 4 members (excludes halogenated alkanes) is 1. The summed E-state index contributed by atoms with van der Waals surface area (Å²) in [5.74, 6) is 0.758. The second-order valence-electron chi connectivity index (χ2n) is 6.62. The molecule has 0 radical (unpaired) electrons. The van der Waals surface area contributed by atoms with Crippen molar-refractivity contribution < 1.29 is 0 Å². The summed E-state index contributed by atoms with van der Waals surface area (Å²) in [7, 11) is 0. The van der Waals surface area contributed by atoms with Gasteiger partial charge in [0.15, 0.2) is 0 Å². The topological polar surface area (TPSA) is 51.4 Å². The zero-order valence-electron chi connectivity index (χ0n) is 13.2. The minimum absolute atomic E-state index is 0.405. The van der Waals surface area contributed by atoms with E-state index in [4.69, 9.17) is 0 Å². The van der Waals surface area contributed by atoms with Gasteiger partial charge in [0.1, 0.15) is 0 Å². The van der Waals surface area contributed by atoms with Crippen molar-refractivity contribution in [3.05, 3.63) is 0 Å². The van der Waals surface area contributed by atoms with Crippen LogP contribution in [0.2, 0.25) is 0 Å². The molecule has 3 fully saturated rings. The normalized spacial score (nSPS) is 43.1. The van der Waals surface area contributed by atoms with Gasteiger partial charge in [0.25, 0.3) is 0 Å². The quantitative estimate of drug-likeness (QED) is 0.363. The standard InChI is InChI=1S/C14H27Br2N5S/c1-3-5-6-8(4-2)7-21-17-11-9(15)13-14(20-22-19-13)10(16)12(11)18-21/h8-14,17-20H,3-7H2,1-2H3. The molecule has 0 bridgehead atoms. The Morgan fingerprint density at radius 1 is 1.00 bits per heavy atom. The van der Waals surface area contributed by atoms with Crippen LogP contribution in [-0.2, 0) is 0 Å². The van der Waals surface area contributed by atoms with Crippen LogP contribution in [0.3, 0.4) is 0 Å². The number of rotatable bonds is 6. The van der Waals surface area contributed by atoms with Crippen molar-refractivity contribution in [2.24, 2.45) is 5.92 Å². The summed E-state index contributed by atoms with van der Waals surface area (Å²) < 4.78 is 6.98. The number of nitrogens with zero attached hydrogens (tertiary/aromatic N) is 1. The monoisotopic (exact) mass is 455 g/mol. The first-order chi connectivity index (χ1) is 10.7. The zero-order chi connectivity index (χ0) is 15.7. The lowest BCUT2D eigenvalue weighted by molar-refractivity contribution is 0.131. The third-order valence-electron chi connectivity index (χ3n) is 5.13. The third kappa shape index (κ3) is 3.54. The van der Waals surface area contributed by atoms with Gasteiger partial charge in [-0.25, -0.2) is 20.3 Å². The molecule has 7 atom stereocenters. The van der Waals surface area contributed by atoms with E-state index in [0.717, 1.165) is 12.5 Å². The molecule has 4 N–H and O–H groups in total. The SMILES string of the molecule is CCCCC(CC)CN1NC2C(Br)C3NSNC3C(Br)C2N1. The summed E-state index contributed by atoms with van der Waals surface area (Å²) >= 11 is 9.45. The van der Waals surface area contributed by atoms with Gasteiger partial charge in [-0.3, -0.25) is 0 Å². The van der Waals surface area contributed by atoms with Gasteiger partial charge in [-0.2, -0.15) is 5.12 Å². The molecule has 1 saturated carbocycles. The molecule has 3 rings (SSSR count). The summed E-state index contributed by atoms with van der Waals surface area (Å²) in [4.78, 5) is 0.819. The molecular formula is C14H27Br2N5S. The highest BCUT2D eigenvalue weighted by molar-refractivity contribution is 9.10. The Morgan fingerprint density at radius 3 is 2.09 bits per heavy atom. The van der Waals surface area contributed by atoms with Gasteiger partial charge in [0.2, 0.25) is 0 Å². The van der Waals surface area contributed by atoms with Crippen molar-refractivity contribution >= 4 is 44.0 Å². The zero-order valence-corrected chi connectivity index (χ0v) is 17.2. The fourth-order valence-corrected chi connectivity index (χ4v) is 6.76. The number of hydrogen-bond donors (Lipinski definition) is 4. The highest BCUT2D eigenvalue weighted by Gasteiger charge is 2.54. The van der Waals surface area contributed by atoms with Crippen LogP contribution in [0.25, 0.3) is 0 Å². The number of nitrogens with one attached hydrogen (secondary N) is 4. The van der Waals surface area contributed by atoms with E-state index >= 15 is 0 Å². The van der Waals surface area contributed by atoms with Crippen molar-refractivity contribution in [2.45, 2.75) is 73.4 Å². The predicted molar refractivity (Wildman–Crippen MR) is 101 cm³/mol. The molecule has 0 aromatic carbocycles. The molecule has 128 valence electrons. The molecule has 3 aliphatic rings. The van der Waals surface area contributed by atoms with Crippen LogP contribution in [0.15, 0.2) is 0 Å². The van der Waals surface area contributed by atoms with Gasteiger partial charge in [0, 0.05) is 30.8 Å². The Balaban J connectivity index is 1.61. The summed E-state index contributed by atoms with van der Waals surface area (Å²) in [6.45, 7) is 5.66. The van der Waals surface area contributed by atoms with E-state index in [1.54, 1.807) is 12.1 Å². The van der Waals surface area contributed by atoms with E-state index in [1.165, 1.54) is 25.7 Å². The molecule has 5 nitrogen and oxygen atoms in total. The highest BCUT2D eigenvalue weighted by Crippen LogP contribution is 2.37. The first kappa shape index (κ1) is 17.9. The van der Waals surface area contributed by atoms with E-state index in [9.17, 15) is 0 Å². The Morgan fingerprint density at radius 2 is 1.59 bits per heavy atom. The van der Waals surface area contributed by atoms with Gasteiger partial charge in [0.05, 0.1) is 21.7 Å². The Labute approximate surface area is 154 Å². The minimum atomic E-state index is 0.405. The van der Waals surface area contributed by atoms with Crippen molar-refractivity contribution in [3.63, 3.8) is 0 Å². The number of hydrogen-bond acceptors (Lipinski definition) is 6. The lowest BCUT2D eigenvalue weighted by Crippen LogP contribution is -2.65. The van der Waals surface area contributed by atoms with E-state index in [0.29, 0.717) is 33.8 Å². The van der Waals surface area contributed by atoms with Crippen LogP contribution in [-0.4, -0.2) is 45.5 Å². The number of hydrazine groups is 2. The molecule has 0 amide bonds. The molecule has 2 saturated heterocycles. The van der Waals surface area contributed by atoms with Gasteiger partial charge < -0.3 is 0 Å². The fourth-order valence-electron chi connectivity index (χ4n) is 3.67. The number of alkyl halides is 2. The first-order valence-electron chi connectivity index (χ1n) is 8.40. The van der Waals surface area contributed by atoms with Crippen LogP contribution >= 0.6 is 44.0 Å². The average Bonchev–Trinajstić information content (AvgIpc) is 3.16. The molecule has 0 aromatic rings. The van der Waals surface area contributed by atoms with Crippen LogP contribution in [0, 0.1) is 5.92 Å². The van der Waals surface area contributed by atoms with E-state index in [-0.39, 0.29) is 0 Å². The molecule has 22 heavy (non-hydrogen) atoms. The average molecular weight is 457 g/mol. The van der Waals surface area contributed by atoms with Crippen molar-refractivity contribution in [1.29, 1.82) is 0 Å². The Kier molecular flexibility index (Phi) is 6.51. The molecule has 1 aliphatic carbocycles. The minimum Gasteiger partial charge on any atom is -0.245 e. The van der Waals surface area contributed by atoms with Crippen LogP contribution < -0.4 is 20.3 Å². The molecule has 2 heterocycles. The fraction of sp³-hybridized carbons (Fsp3) is 1.00. The smallest absolute Gasteiger partial charge is 0.0548 e. The first-order valence-corrected chi connectivity index (χ1v) is 11.0. The molecule has 8 heteroatoms. The van der Waals surface area contributed by atoms with Crippen LogP contribution in [0.5, 0.6) is 0 Å². The predicted octanol–water partition coefficient (Wildman–Crippen LogP) is 2.30. The van der Waals surface area contributed by atoms with E-state index in [1.807, 2.05) is 0 Å². The maximum atomic E-state index is 3.92. The van der Waals surface area contributed by atoms with Gasteiger partial charge in [-0.05, 0) is 12.3 Å².